The van der Waals surface area contributed by atoms with E-state index in [-0.39, 0.29) is 12.2 Å². The van der Waals surface area contributed by atoms with E-state index < -0.39 is 17.4 Å². The highest BCUT2D eigenvalue weighted by Gasteiger charge is 2.31. The van der Waals surface area contributed by atoms with Gasteiger partial charge in [-0.05, 0) is 31.0 Å². The lowest BCUT2D eigenvalue weighted by atomic mass is 9.92. The summed E-state index contributed by atoms with van der Waals surface area (Å²) in [6, 6.07) is 4.33. The van der Waals surface area contributed by atoms with E-state index in [1.54, 1.807) is 6.07 Å². The molecule has 0 spiro atoms. The summed E-state index contributed by atoms with van der Waals surface area (Å²) in [7, 11) is 1.20. The van der Waals surface area contributed by atoms with Crippen molar-refractivity contribution in [1.82, 2.24) is 0 Å². The number of carbonyl (C=O) groups excluding carboxylic acids is 1. The Kier molecular flexibility index (Phi) is 4.25. The molecule has 0 bridgehead atoms. The number of anilines is 1. The fraction of sp³-hybridized carbons (Fsp3) is 0.500. The SMILES string of the molecule is COC(=O)c1ccc(N2CCC(O)(CO)CC2)cc1F. The monoisotopic (exact) mass is 283 g/mol. The van der Waals surface area contributed by atoms with Crippen molar-refractivity contribution in [3.8, 4) is 0 Å². The summed E-state index contributed by atoms with van der Waals surface area (Å²) in [6.45, 7) is 0.776. The summed E-state index contributed by atoms with van der Waals surface area (Å²) in [5, 5.41) is 19.0. The number of methoxy groups -OCH3 is 1. The average Bonchev–Trinajstić information content (AvgIpc) is 2.47. The molecule has 0 aromatic heterocycles. The van der Waals surface area contributed by atoms with Crippen LogP contribution >= 0.6 is 0 Å². The number of piperidine rings is 1. The van der Waals surface area contributed by atoms with Gasteiger partial charge in [-0.3, -0.25) is 0 Å². The molecule has 0 atom stereocenters. The second kappa shape index (κ2) is 5.76. The Labute approximate surface area is 116 Å². The third-order valence-electron chi connectivity index (χ3n) is 3.71. The van der Waals surface area contributed by atoms with Gasteiger partial charge in [-0.25, -0.2) is 9.18 Å². The van der Waals surface area contributed by atoms with E-state index in [2.05, 4.69) is 4.74 Å². The zero-order valence-electron chi connectivity index (χ0n) is 11.3. The average molecular weight is 283 g/mol. The van der Waals surface area contributed by atoms with Crippen molar-refractivity contribution in [1.29, 1.82) is 0 Å². The molecule has 1 heterocycles. The van der Waals surface area contributed by atoms with Gasteiger partial charge in [0.25, 0.3) is 0 Å². The quantitative estimate of drug-likeness (QED) is 0.808. The molecule has 20 heavy (non-hydrogen) atoms. The van der Waals surface area contributed by atoms with Crippen LogP contribution in [-0.4, -0.2) is 48.6 Å². The van der Waals surface area contributed by atoms with Crippen LogP contribution in [0.5, 0.6) is 0 Å². The maximum absolute atomic E-state index is 13.8. The van der Waals surface area contributed by atoms with Crippen molar-refractivity contribution < 1.29 is 24.1 Å². The Morgan fingerprint density at radius 2 is 2.10 bits per heavy atom. The molecule has 1 saturated heterocycles. The van der Waals surface area contributed by atoms with Crippen molar-refractivity contribution in [2.45, 2.75) is 18.4 Å². The van der Waals surface area contributed by atoms with E-state index in [0.717, 1.165) is 0 Å². The van der Waals surface area contributed by atoms with Gasteiger partial charge in [0.05, 0.1) is 24.9 Å². The van der Waals surface area contributed by atoms with Gasteiger partial charge in [0.1, 0.15) is 5.82 Å². The molecular formula is C14H18FNO4. The molecule has 1 aromatic carbocycles. The van der Waals surface area contributed by atoms with Crippen LogP contribution < -0.4 is 4.90 Å². The van der Waals surface area contributed by atoms with Crippen LogP contribution in [0, 0.1) is 5.82 Å². The Balaban J connectivity index is 2.12. The van der Waals surface area contributed by atoms with E-state index in [0.29, 0.717) is 31.6 Å². The van der Waals surface area contributed by atoms with Gasteiger partial charge in [-0.15, -0.1) is 0 Å². The normalized spacial score (nSPS) is 17.9. The third-order valence-corrected chi connectivity index (χ3v) is 3.71. The Hall–Kier alpha value is -1.66. The zero-order chi connectivity index (χ0) is 14.8. The molecular weight excluding hydrogens is 265 g/mol. The topological polar surface area (TPSA) is 70.0 Å². The molecule has 0 aliphatic carbocycles. The van der Waals surface area contributed by atoms with Gasteiger partial charge in [-0.2, -0.15) is 0 Å². The maximum atomic E-state index is 13.8. The first kappa shape index (κ1) is 14.7. The summed E-state index contributed by atoms with van der Waals surface area (Å²) < 4.78 is 18.3. The predicted molar refractivity (Wildman–Crippen MR) is 71.2 cm³/mol. The van der Waals surface area contributed by atoms with Gasteiger partial charge in [-0.1, -0.05) is 0 Å². The number of esters is 1. The zero-order valence-corrected chi connectivity index (χ0v) is 11.3. The number of carbonyl (C=O) groups is 1. The molecule has 2 rings (SSSR count). The van der Waals surface area contributed by atoms with Crippen molar-refractivity contribution in [2.75, 3.05) is 31.7 Å². The van der Waals surface area contributed by atoms with E-state index in [4.69, 9.17) is 5.11 Å². The highest BCUT2D eigenvalue weighted by molar-refractivity contribution is 5.90. The molecule has 0 amide bonds. The lowest BCUT2D eigenvalue weighted by Crippen LogP contribution is -2.46. The standard InChI is InChI=1S/C14H18FNO4/c1-20-13(18)11-3-2-10(8-12(11)15)16-6-4-14(19,9-17)5-7-16/h2-3,8,17,19H,4-7,9H2,1H3. The maximum Gasteiger partial charge on any atom is 0.340 e. The number of nitrogens with zero attached hydrogens (tertiary/aromatic N) is 1. The number of ether oxygens (including phenoxy) is 1. The second-order valence-electron chi connectivity index (χ2n) is 5.03. The Bertz CT molecular complexity index is 498. The fourth-order valence-corrected chi connectivity index (χ4v) is 2.32. The molecule has 0 unspecified atom stereocenters. The van der Waals surface area contributed by atoms with Crippen LogP contribution in [-0.2, 0) is 4.74 Å². The highest BCUT2D eigenvalue weighted by Crippen LogP contribution is 2.27. The van der Waals surface area contributed by atoms with Crippen LogP contribution in [0.1, 0.15) is 23.2 Å². The minimum absolute atomic E-state index is 0.0971. The molecule has 1 fully saturated rings. The van der Waals surface area contributed by atoms with Gasteiger partial charge in [0.15, 0.2) is 0 Å². The molecule has 6 heteroatoms. The molecule has 0 saturated carbocycles. The molecule has 2 N–H and O–H groups in total. The lowest BCUT2D eigenvalue weighted by molar-refractivity contribution is -0.0325. The first-order chi connectivity index (χ1) is 9.49. The van der Waals surface area contributed by atoms with Gasteiger partial charge >= 0.3 is 5.97 Å². The van der Waals surface area contributed by atoms with E-state index in [1.807, 2.05) is 4.90 Å². The lowest BCUT2D eigenvalue weighted by Gasteiger charge is -2.38. The van der Waals surface area contributed by atoms with Gasteiger partial charge in [0.2, 0.25) is 0 Å². The van der Waals surface area contributed by atoms with Crippen molar-refractivity contribution in [3.05, 3.63) is 29.6 Å². The van der Waals surface area contributed by atoms with Crippen molar-refractivity contribution in [2.24, 2.45) is 0 Å². The number of aliphatic hydroxyl groups is 2. The summed E-state index contributed by atoms with van der Waals surface area (Å²) in [5.74, 6) is -1.33. The summed E-state index contributed by atoms with van der Waals surface area (Å²) in [6.07, 6.45) is 0.841. The van der Waals surface area contributed by atoms with Crippen LogP contribution in [0.15, 0.2) is 18.2 Å². The highest BCUT2D eigenvalue weighted by atomic mass is 19.1. The minimum atomic E-state index is -1.04. The largest absolute Gasteiger partial charge is 0.465 e. The Morgan fingerprint density at radius 3 is 2.60 bits per heavy atom. The van der Waals surface area contributed by atoms with Gasteiger partial charge < -0.3 is 19.8 Å². The first-order valence-corrected chi connectivity index (χ1v) is 6.45. The third kappa shape index (κ3) is 2.91. The number of aliphatic hydroxyl groups excluding tert-OH is 1. The second-order valence-corrected chi connectivity index (χ2v) is 5.03. The summed E-state index contributed by atoms with van der Waals surface area (Å²) in [4.78, 5) is 13.2. The minimum Gasteiger partial charge on any atom is -0.465 e. The van der Waals surface area contributed by atoms with Crippen molar-refractivity contribution in [3.63, 3.8) is 0 Å². The van der Waals surface area contributed by atoms with Gasteiger partial charge in [0, 0.05) is 18.8 Å². The summed E-state index contributed by atoms with van der Waals surface area (Å²) >= 11 is 0. The molecule has 1 aliphatic heterocycles. The first-order valence-electron chi connectivity index (χ1n) is 6.45. The number of benzene rings is 1. The van der Waals surface area contributed by atoms with Crippen LogP contribution in [0.25, 0.3) is 0 Å². The smallest absolute Gasteiger partial charge is 0.340 e. The van der Waals surface area contributed by atoms with E-state index >= 15 is 0 Å². The van der Waals surface area contributed by atoms with E-state index in [9.17, 15) is 14.3 Å². The molecule has 1 aliphatic rings. The van der Waals surface area contributed by atoms with Crippen LogP contribution in [0.2, 0.25) is 0 Å². The number of hydrogen-bond donors (Lipinski definition) is 2. The van der Waals surface area contributed by atoms with E-state index in [1.165, 1.54) is 19.2 Å². The number of rotatable bonds is 3. The molecule has 110 valence electrons. The van der Waals surface area contributed by atoms with Crippen LogP contribution in [0.4, 0.5) is 10.1 Å². The number of halogens is 1. The Morgan fingerprint density at radius 1 is 1.45 bits per heavy atom. The van der Waals surface area contributed by atoms with Crippen LogP contribution in [0.3, 0.4) is 0 Å². The molecule has 0 radical (unpaired) electrons. The van der Waals surface area contributed by atoms with Crippen molar-refractivity contribution >= 4 is 11.7 Å². The summed E-state index contributed by atoms with van der Waals surface area (Å²) in [5.41, 5.74) is -0.490. The number of hydrogen-bond acceptors (Lipinski definition) is 5. The fourth-order valence-electron chi connectivity index (χ4n) is 2.32. The predicted octanol–water partition coefficient (Wildman–Crippen LogP) is 0.936. The molecule has 1 aromatic rings. The molecule has 5 nitrogen and oxygen atoms in total.